The molecule has 0 spiro atoms. The van der Waals surface area contributed by atoms with E-state index in [4.69, 9.17) is 10.5 Å². The van der Waals surface area contributed by atoms with Crippen LogP contribution in [0.3, 0.4) is 0 Å². The van der Waals surface area contributed by atoms with Crippen molar-refractivity contribution in [2.45, 2.75) is 57.2 Å². The number of hydrogen-bond acceptors (Lipinski definition) is 3. The average molecular weight is 290 g/mol. The normalized spacial score (nSPS) is 17.4. The van der Waals surface area contributed by atoms with Gasteiger partial charge in [0.05, 0.1) is 6.61 Å². The molecule has 0 aliphatic heterocycles. The van der Waals surface area contributed by atoms with Gasteiger partial charge in [0.25, 0.3) is 0 Å². The highest BCUT2D eigenvalue weighted by atomic mass is 16.5. The number of amides is 1. The fourth-order valence-electron chi connectivity index (χ4n) is 3.01. The van der Waals surface area contributed by atoms with E-state index in [1.807, 2.05) is 18.2 Å². The zero-order valence-electron chi connectivity index (χ0n) is 12.9. The van der Waals surface area contributed by atoms with Crippen molar-refractivity contribution in [1.82, 2.24) is 5.32 Å². The number of benzene rings is 1. The molecule has 0 radical (unpaired) electrons. The standard InChI is InChI=1S/C17H26N2O2/c1-21-13-15-7-5-6-14(10-15)12-19-16(20)11-17(18)8-3-2-4-9-17/h5-7,10H,2-4,8-9,11-13,18H2,1H3,(H,19,20). The van der Waals surface area contributed by atoms with E-state index in [1.165, 1.54) is 6.42 Å². The Labute approximate surface area is 127 Å². The summed E-state index contributed by atoms with van der Waals surface area (Å²) in [6.07, 6.45) is 5.89. The monoisotopic (exact) mass is 290 g/mol. The van der Waals surface area contributed by atoms with Crippen molar-refractivity contribution in [2.24, 2.45) is 5.73 Å². The molecule has 2 rings (SSSR count). The zero-order chi connectivity index (χ0) is 15.1. The second kappa shape index (κ2) is 7.57. The van der Waals surface area contributed by atoms with E-state index in [-0.39, 0.29) is 11.4 Å². The van der Waals surface area contributed by atoms with Crippen molar-refractivity contribution in [2.75, 3.05) is 7.11 Å². The highest BCUT2D eigenvalue weighted by Gasteiger charge is 2.29. The Hall–Kier alpha value is -1.39. The molecule has 1 fully saturated rings. The maximum Gasteiger partial charge on any atom is 0.222 e. The third-order valence-corrected chi connectivity index (χ3v) is 4.15. The Bertz CT molecular complexity index is 468. The van der Waals surface area contributed by atoms with Gasteiger partial charge in [-0.15, -0.1) is 0 Å². The lowest BCUT2D eigenvalue weighted by molar-refractivity contribution is -0.122. The Morgan fingerprint density at radius 3 is 2.71 bits per heavy atom. The number of rotatable bonds is 6. The Kier molecular flexibility index (Phi) is 5.76. The van der Waals surface area contributed by atoms with Gasteiger partial charge >= 0.3 is 0 Å². The van der Waals surface area contributed by atoms with Crippen LogP contribution < -0.4 is 11.1 Å². The molecule has 4 heteroatoms. The molecule has 1 aromatic rings. The fraction of sp³-hybridized carbons (Fsp3) is 0.588. The Morgan fingerprint density at radius 2 is 2.00 bits per heavy atom. The van der Waals surface area contributed by atoms with E-state index < -0.39 is 0 Å². The van der Waals surface area contributed by atoms with Gasteiger partial charge in [-0.1, -0.05) is 43.5 Å². The maximum atomic E-state index is 12.1. The summed E-state index contributed by atoms with van der Waals surface area (Å²) in [7, 11) is 1.68. The lowest BCUT2D eigenvalue weighted by Crippen LogP contribution is -2.45. The zero-order valence-corrected chi connectivity index (χ0v) is 12.9. The first-order valence-electron chi connectivity index (χ1n) is 7.74. The number of carbonyl (C=O) groups excluding carboxylic acids is 1. The SMILES string of the molecule is COCc1cccc(CNC(=O)CC2(N)CCCCC2)c1. The van der Waals surface area contributed by atoms with Crippen molar-refractivity contribution >= 4 is 5.91 Å². The van der Waals surface area contributed by atoms with E-state index in [2.05, 4.69) is 11.4 Å². The van der Waals surface area contributed by atoms with Crippen molar-refractivity contribution < 1.29 is 9.53 Å². The van der Waals surface area contributed by atoms with Crippen LogP contribution in [-0.4, -0.2) is 18.6 Å². The molecule has 3 N–H and O–H groups in total. The molecule has 1 saturated carbocycles. The van der Waals surface area contributed by atoms with Crippen molar-refractivity contribution in [1.29, 1.82) is 0 Å². The number of ether oxygens (including phenoxy) is 1. The van der Waals surface area contributed by atoms with Crippen molar-refractivity contribution in [3.8, 4) is 0 Å². The first-order chi connectivity index (χ1) is 10.1. The van der Waals surface area contributed by atoms with Gasteiger partial charge in [-0.2, -0.15) is 0 Å². The summed E-state index contributed by atoms with van der Waals surface area (Å²) in [5, 5.41) is 2.98. The molecular formula is C17H26N2O2. The summed E-state index contributed by atoms with van der Waals surface area (Å²) in [4.78, 5) is 12.1. The topological polar surface area (TPSA) is 64.3 Å². The molecule has 0 bridgehead atoms. The molecule has 1 aliphatic rings. The van der Waals surface area contributed by atoms with Crippen molar-refractivity contribution in [3.63, 3.8) is 0 Å². The molecule has 0 atom stereocenters. The highest BCUT2D eigenvalue weighted by Crippen LogP contribution is 2.28. The number of hydrogen-bond donors (Lipinski definition) is 2. The van der Waals surface area contributed by atoms with E-state index in [1.54, 1.807) is 7.11 Å². The second-order valence-corrected chi connectivity index (χ2v) is 6.13. The number of methoxy groups -OCH3 is 1. The van der Waals surface area contributed by atoms with Crippen LogP contribution in [0, 0.1) is 0 Å². The van der Waals surface area contributed by atoms with Gasteiger partial charge in [0.15, 0.2) is 0 Å². The van der Waals surface area contributed by atoms with Gasteiger partial charge < -0.3 is 15.8 Å². The van der Waals surface area contributed by atoms with Gasteiger partial charge in [-0.25, -0.2) is 0 Å². The molecule has 1 amide bonds. The van der Waals surface area contributed by atoms with Gasteiger partial charge in [0, 0.05) is 25.6 Å². The summed E-state index contributed by atoms with van der Waals surface area (Å²) < 4.78 is 5.12. The maximum absolute atomic E-state index is 12.1. The minimum Gasteiger partial charge on any atom is -0.380 e. The molecule has 0 aromatic heterocycles. The van der Waals surface area contributed by atoms with E-state index in [0.29, 0.717) is 19.6 Å². The summed E-state index contributed by atoms with van der Waals surface area (Å²) in [5.74, 6) is 0.0524. The van der Waals surface area contributed by atoms with Crippen LogP contribution >= 0.6 is 0 Å². The first kappa shape index (κ1) is 16.0. The summed E-state index contributed by atoms with van der Waals surface area (Å²) >= 11 is 0. The lowest BCUT2D eigenvalue weighted by atomic mass is 9.80. The summed E-state index contributed by atoms with van der Waals surface area (Å²) in [6.45, 7) is 1.14. The molecule has 0 unspecified atom stereocenters. The summed E-state index contributed by atoms with van der Waals surface area (Å²) in [5.41, 5.74) is 8.23. The molecule has 1 aromatic carbocycles. The van der Waals surface area contributed by atoms with Crippen molar-refractivity contribution in [3.05, 3.63) is 35.4 Å². The molecular weight excluding hydrogens is 264 g/mol. The Balaban J connectivity index is 1.82. The molecule has 21 heavy (non-hydrogen) atoms. The van der Waals surface area contributed by atoms with Crippen LogP contribution in [0.1, 0.15) is 49.7 Å². The molecule has 1 aliphatic carbocycles. The van der Waals surface area contributed by atoms with E-state index >= 15 is 0 Å². The third-order valence-electron chi connectivity index (χ3n) is 4.15. The number of nitrogens with two attached hydrogens (primary N) is 1. The van der Waals surface area contributed by atoms with Gasteiger partial charge in [0.2, 0.25) is 5.91 Å². The molecule has 4 nitrogen and oxygen atoms in total. The quantitative estimate of drug-likeness (QED) is 0.846. The average Bonchev–Trinajstić information content (AvgIpc) is 2.46. The predicted octanol–water partition coefficient (Wildman–Crippen LogP) is 2.50. The minimum absolute atomic E-state index is 0.0524. The van der Waals surface area contributed by atoms with Crippen LogP contribution in [0.4, 0.5) is 0 Å². The van der Waals surface area contributed by atoms with Crippen LogP contribution in [-0.2, 0) is 22.7 Å². The van der Waals surface area contributed by atoms with Gasteiger partial charge in [-0.05, 0) is 24.0 Å². The van der Waals surface area contributed by atoms with Crippen LogP contribution in [0.15, 0.2) is 24.3 Å². The molecule has 0 heterocycles. The van der Waals surface area contributed by atoms with Crippen LogP contribution in [0.5, 0.6) is 0 Å². The third kappa shape index (κ3) is 5.14. The molecule has 0 saturated heterocycles. The van der Waals surface area contributed by atoms with E-state index in [0.717, 1.165) is 36.8 Å². The molecule has 116 valence electrons. The van der Waals surface area contributed by atoms with Gasteiger partial charge in [0.1, 0.15) is 0 Å². The first-order valence-corrected chi connectivity index (χ1v) is 7.74. The largest absolute Gasteiger partial charge is 0.380 e. The van der Waals surface area contributed by atoms with Gasteiger partial charge in [-0.3, -0.25) is 4.79 Å². The highest BCUT2D eigenvalue weighted by molar-refractivity contribution is 5.77. The second-order valence-electron chi connectivity index (χ2n) is 6.13. The summed E-state index contributed by atoms with van der Waals surface area (Å²) in [6, 6.07) is 8.08. The van der Waals surface area contributed by atoms with Crippen LogP contribution in [0.25, 0.3) is 0 Å². The number of carbonyl (C=O) groups is 1. The predicted molar refractivity (Wildman–Crippen MR) is 83.6 cm³/mol. The minimum atomic E-state index is -0.291. The lowest BCUT2D eigenvalue weighted by Gasteiger charge is -2.32. The smallest absolute Gasteiger partial charge is 0.222 e. The van der Waals surface area contributed by atoms with Crippen LogP contribution in [0.2, 0.25) is 0 Å². The van der Waals surface area contributed by atoms with E-state index in [9.17, 15) is 4.79 Å². The number of nitrogens with one attached hydrogen (secondary N) is 1. The Morgan fingerprint density at radius 1 is 1.29 bits per heavy atom. The fourth-order valence-corrected chi connectivity index (χ4v) is 3.01.